The molecule has 2 aromatic rings. The Morgan fingerprint density at radius 2 is 1.87 bits per heavy atom. The van der Waals surface area contributed by atoms with E-state index in [0.29, 0.717) is 18.4 Å². The van der Waals surface area contributed by atoms with E-state index < -0.39 is 23.8 Å². The number of Topliss-reactive ketones (excluding diaryl/α,β-unsaturated/α-hetero) is 1. The van der Waals surface area contributed by atoms with Gasteiger partial charge in [0.25, 0.3) is 0 Å². The summed E-state index contributed by atoms with van der Waals surface area (Å²) in [6, 6.07) is 6.78. The van der Waals surface area contributed by atoms with Gasteiger partial charge in [-0.15, -0.1) is 6.58 Å². The Bertz CT molecular complexity index is 903. The second kappa shape index (κ2) is 10.7. The lowest BCUT2D eigenvalue weighted by atomic mass is 9.82. The molecule has 1 aromatic heterocycles. The van der Waals surface area contributed by atoms with Gasteiger partial charge >= 0.3 is 0 Å². The second-order valence-electron chi connectivity index (χ2n) is 7.92. The van der Waals surface area contributed by atoms with Gasteiger partial charge < -0.3 is 10.3 Å². The molecule has 2 rings (SSSR count). The first-order valence-corrected chi connectivity index (χ1v) is 10.3. The molecular formula is C23H31N3O4. The number of amides is 2. The summed E-state index contributed by atoms with van der Waals surface area (Å²) in [5.41, 5.74) is 3.03. The topological polar surface area (TPSA) is 111 Å². The van der Waals surface area contributed by atoms with Gasteiger partial charge in [-0.1, -0.05) is 45.0 Å². The molecule has 0 saturated carbocycles. The third-order valence-corrected chi connectivity index (χ3v) is 5.31. The van der Waals surface area contributed by atoms with Crippen molar-refractivity contribution in [1.29, 1.82) is 0 Å². The Balaban J connectivity index is 2.27. The number of carbonyl (C=O) groups excluding carboxylic acids is 3. The molecular weight excluding hydrogens is 382 g/mol. The summed E-state index contributed by atoms with van der Waals surface area (Å²) in [4.78, 5) is 41.6. The molecule has 162 valence electrons. The average molecular weight is 414 g/mol. The van der Waals surface area contributed by atoms with Crippen LogP contribution in [0.5, 0.6) is 0 Å². The van der Waals surface area contributed by atoms with Crippen LogP contribution in [0, 0.1) is 17.8 Å². The third kappa shape index (κ3) is 5.36. The van der Waals surface area contributed by atoms with Crippen LogP contribution in [-0.4, -0.2) is 33.8 Å². The Labute approximate surface area is 176 Å². The number of benzene rings is 1. The fourth-order valence-electron chi connectivity index (χ4n) is 3.77. The first kappa shape index (κ1) is 23.3. The molecule has 0 aliphatic heterocycles. The zero-order valence-electron chi connectivity index (χ0n) is 17.8. The van der Waals surface area contributed by atoms with Crippen LogP contribution in [-0.2, 0) is 9.59 Å². The maximum absolute atomic E-state index is 13.2. The maximum atomic E-state index is 13.2. The summed E-state index contributed by atoms with van der Waals surface area (Å²) in [5, 5.41) is 12.8. The standard InChI is InChI=1S/C23H31N3O4/c1-5-9-16(23(29)26-30)17(12-14(3)4)22(28)25-19(6-2)21(27)18-13-24-20-11-8-7-10-15(18)20/h5,7-8,10-11,13-14,16-17,19,24,30H,1,6,9,12H2,2-4H3,(H,25,28)(H,26,29). The normalized spacial score (nSPS) is 14.2. The summed E-state index contributed by atoms with van der Waals surface area (Å²) in [5.74, 6) is -2.51. The highest BCUT2D eigenvalue weighted by molar-refractivity contribution is 6.11. The van der Waals surface area contributed by atoms with Crippen LogP contribution >= 0.6 is 0 Å². The van der Waals surface area contributed by atoms with E-state index in [0.717, 1.165) is 10.9 Å². The van der Waals surface area contributed by atoms with Gasteiger partial charge in [0.2, 0.25) is 11.8 Å². The van der Waals surface area contributed by atoms with Gasteiger partial charge in [0.05, 0.1) is 17.9 Å². The van der Waals surface area contributed by atoms with Crippen LogP contribution in [0.1, 0.15) is 50.4 Å². The number of fused-ring (bicyclic) bond motifs is 1. The van der Waals surface area contributed by atoms with Crippen molar-refractivity contribution in [2.75, 3.05) is 0 Å². The summed E-state index contributed by atoms with van der Waals surface area (Å²) in [6.07, 6.45) is 4.30. The van der Waals surface area contributed by atoms with Gasteiger partial charge in [-0.3, -0.25) is 19.6 Å². The van der Waals surface area contributed by atoms with Crippen molar-refractivity contribution in [2.45, 2.75) is 46.1 Å². The number of rotatable bonds is 11. The molecule has 7 nitrogen and oxygen atoms in total. The van der Waals surface area contributed by atoms with Crippen LogP contribution in [0.2, 0.25) is 0 Å². The van der Waals surface area contributed by atoms with Crippen molar-refractivity contribution in [2.24, 2.45) is 17.8 Å². The molecule has 0 aliphatic carbocycles. The highest BCUT2D eigenvalue weighted by atomic mass is 16.5. The Morgan fingerprint density at radius 3 is 2.47 bits per heavy atom. The van der Waals surface area contributed by atoms with Gasteiger partial charge in [-0.2, -0.15) is 0 Å². The fourth-order valence-corrected chi connectivity index (χ4v) is 3.77. The zero-order valence-corrected chi connectivity index (χ0v) is 17.8. The lowest BCUT2D eigenvalue weighted by Gasteiger charge is -2.27. The lowest BCUT2D eigenvalue weighted by molar-refractivity contribution is -0.140. The number of hydroxylamine groups is 1. The number of allylic oxidation sites excluding steroid dienone is 1. The van der Waals surface area contributed by atoms with E-state index in [1.807, 2.05) is 45.0 Å². The lowest BCUT2D eigenvalue weighted by Crippen LogP contribution is -2.47. The molecule has 4 N–H and O–H groups in total. The summed E-state index contributed by atoms with van der Waals surface area (Å²) < 4.78 is 0. The molecule has 1 aromatic carbocycles. The van der Waals surface area contributed by atoms with E-state index in [1.165, 1.54) is 0 Å². The monoisotopic (exact) mass is 413 g/mol. The molecule has 3 atom stereocenters. The first-order chi connectivity index (χ1) is 14.3. The van der Waals surface area contributed by atoms with E-state index >= 15 is 0 Å². The van der Waals surface area contributed by atoms with E-state index in [9.17, 15) is 14.4 Å². The molecule has 3 unspecified atom stereocenters. The van der Waals surface area contributed by atoms with Crippen molar-refractivity contribution in [3.63, 3.8) is 0 Å². The predicted molar refractivity (Wildman–Crippen MR) is 116 cm³/mol. The van der Waals surface area contributed by atoms with Gasteiger partial charge in [-0.05, 0) is 31.2 Å². The minimum absolute atomic E-state index is 0.143. The third-order valence-electron chi connectivity index (χ3n) is 5.31. The van der Waals surface area contributed by atoms with Gasteiger partial charge in [0.1, 0.15) is 0 Å². The van der Waals surface area contributed by atoms with Crippen molar-refractivity contribution >= 4 is 28.5 Å². The van der Waals surface area contributed by atoms with Gasteiger partial charge in [0.15, 0.2) is 5.78 Å². The van der Waals surface area contributed by atoms with E-state index in [2.05, 4.69) is 16.9 Å². The van der Waals surface area contributed by atoms with E-state index in [4.69, 9.17) is 5.21 Å². The SMILES string of the molecule is C=CCC(C(=O)NO)C(CC(C)C)C(=O)NC(CC)C(=O)c1c[nH]c2ccccc12. The zero-order chi connectivity index (χ0) is 22.3. The van der Waals surface area contributed by atoms with Crippen molar-refractivity contribution in [3.05, 3.63) is 48.7 Å². The smallest absolute Gasteiger partial charge is 0.247 e. The van der Waals surface area contributed by atoms with Crippen molar-refractivity contribution < 1.29 is 19.6 Å². The molecule has 7 heteroatoms. The highest BCUT2D eigenvalue weighted by Crippen LogP contribution is 2.26. The quantitative estimate of drug-likeness (QED) is 0.195. The molecule has 2 amide bonds. The Hall–Kier alpha value is -2.93. The van der Waals surface area contributed by atoms with Crippen molar-refractivity contribution in [3.8, 4) is 0 Å². The average Bonchev–Trinajstić information content (AvgIpc) is 3.17. The number of H-pyrrole nitrogens is 1. The number of hydrogen-bond acceptors (Lipinski definition) is 4. The summed E-state index contributed by atoms with van der Waals surface area (Å²) in [7, 11) is 0. The molecule has 30 heavy (non-hydrogen) atoms. The Morgan fingerprint density at radius 1 is 1.17 bits per heavy atom. The van der Waals surface area contributed by atoms with Gasteiger partial charge in [0, 0.05) is 22.7 Å². The molecule has 0 aliphatic rings. The molecule has 0 radical (unpaired) electrons. The maximum Gasteiger partial charge on any atom is 0.247 e. The molecule has 1 heterocycles. The van der Waals surface area contributed by atoms with Crippen LogP contribution in [0.15, 0.2) is 43.1 Å². The number of para-hydroxylation sites is 1. The van der Waals surface area contributed by atoms with Crippen molar-refractivity contribution in [1.82, 2.24) is 15.8 Å². The summed E-state index contributed by atoms with van der Waals surface area (Å²) >= 11 is 0. The van der Waals surface area contributed by atoms with Crippen LogP contribution in [0.25, 0.3) is 10.9 Å². The minimum Gasteiger partial charge on any atom is -0.360 e. The Kier molecular flexibility index (Phi) is 8.35. The van der Waals surface area contributed by atoms with E-state index in [-0.39, 0.29) is 24.0 Å². The first-order valence-electron chi connectivity index (χ1n) is 10.3. The minimum atomic E-state index is -0.768. The molecule has 0 saturated heterocycles. The second-order valence-corrected chi connectivity index (χ2v) is 7.92. The number of ketones is 1. The number of hydrogen-bond donors (Lipinski definition) is 4. The van der Waals surface area contributed by atoms with Crippen LogP contribution in [0.3, 0.4) is 0 Å². The van der Waals surface area contributed by atoms with Crippen LogP contribution in [0.4, 0.5) is 0 Å². The van der Waals surface area contributed by atoms with Crippen LogP contribution < -0.4 is 10.8 Å². The predicted octanol–water partition coefficient (Wildman–Crippen LogP) is 3.61. The number of carbonyl (C=O) groups is 3. The number of aromatic amines is 1. The molecule has 0 spiro atoms. The molecule has 0 bridgehead atoms. The fraction of sp³-hybridized carbons (Fsp3) is 0.435. The van der Waals surface area contributed by atoms with E-state index in [1.54, 1.807) is 17.8 Å². The number of aromatic nitrogens is 1. The largest absolute Gasteiger partial charge is 0.360 e. The van der Waals surface area contributed by atoms with Gasteiger partial charge in [-0.25, -0.2) is 5.48 Å². The highest BCUT2D eigenvalue weighted by Gasteiger charge is 2.35. The molecule has 0 fully saturated rings. The number of nitrogens with one attached hydrogen (secondary N) is 3. The summed E-state index contributed by atoms with van der Waals surface area (Å²) in [6.45, 7) is 9.40.